The van der Waals surface area contributed by atoms with Crippen LogP contribution < -0.4 is 10.5 Å². The fraction of sp³-hybridized carbons (Fsp3) is 0.333. The lowest BCUT2D eigenvalue weighted by atomic mass is 10.1. The third-order valence-corrected chi connectivity index (χ3v) is 2.86. The number of aromatic nitrogens is 2. The molecule has 1 aromatic carbocycles. The number of hydrogen-bond acceptors (Lipinski definition) is 4. The highest BCUT2D eigenvalue weighted by atomic mass is 16.5. The fourth-order valence-electron chi connectivity index (χ4n) is 1.73. The molecule has 100 valence electrons. The molecule has 0 aliphatic heterocycles. The lowest BCUT2D eigenvalue weighted by Gasteiger charge is -2.11. The fourth-order valence-corrected chi connectivity index (χ4v) is 1.73. The molecule has 0 unspecified atom stereocenters. The minimum Gasteiger partial charge on any atom is -0.424 e. The molecule has 0 amide bonds. The van der Waals surface area contributed by atoms with E-state index in [4.69, 9.17) is 10.5 Å². The van der Waals surface area contributed by atoms with E-state index in [0.717, 1.165) is 17.0 Å². The predicted octanol–water partition coefficient (Wildman–Crippen LogP) is 3.59. The van der Waals surface area contributed by atoms with E-state index >= 15 is 0 Å². The molecule has 2 aromatic rings. The average Bonchev–Trinajstić information content (AvgIpc) is 2.33. The van der Waals surface area contributed by atoms with Gasteiger partial charge in [0.2, 0.25) is 0 Å². The van der Waals surface area contributed by atoms with Gasteiger partial charge in [-0.3, -0.25) is 0 Å². The van der Waals surface area contributed by atoms with Gasteiger partial charge >= 0.3 is 6.01 Å². The number of aryl methyl sites for hydroxylation is 2. The Balaban J connectivity index is 2.35. The van der Waals surface area contributed by atoms with Crippen molar-refractivity contribution >= 4 is 5.69 Å². The van der Waals surface area contributed by atoms with Gasteiger partial charge in [0.15, 0.2) is 0 Å². The Morgan fingerprint density at radius 1 is 1.11 bits per heavy atom. The molecule has 19 heavy (non-hydrogen) atoms. The molecule has 1 heterocycles. The van der Waals surface area contributed by atoms with Crippen molar-refractivity contribution in [2.45, 2.75) is 33.6 Å². The molecule has 0 spiro atoms. The molecule has 0 atom stereocenters. The van der Waals surface area contributed by atoms with E-state index in [1.54, 1.807) is 6.07 Å². The van der Waals surface area contributed by atoms with Crippen molar-refractivity contribution in [3.63, 3.8) is 0 Å². The topological polar surface area (TPSA) is 61.0 Å². The Bertz CT molecular complexity index is 594. The highest BCUT2D eigenvalue weighted by molar-refractivity contribution is 5.48. The van der Waals surface area contributed by atoms with Gasteiger partial charge in [-0.2, -0.15) is 4.98 Å². The Morgan fingerprint density at radius 2 is 1.84 bits per heavy atom. The van der Waals surface area contributed by atoms with Crippen molar-refractivity contribution in [3.05, 3.63) is 41.2 Å². The summed E-state index contributed by atoms with van der Waals surface area (Å²) in [6.45, 7) is 8.09. The Hall–Kier alpha value is -2.10. The second-order valence-electron chi connectivity index (χ2n) is 5.00. The molecule has 1 aromatic heterocycles. The monoisotopic (exact) mass is 257 g/mol. The van der Waals surface area contributed by atoms with Gasteiger partial charge in [-0.15, -0.1) is 0 Å². The predicted molar refractivity (Wildman–Crippen MR) is 76.5 cm³/mol. The van der Waals surface area contributed by atoms with E-state index in [-0.39, 0.29) is 0 Å². The van der Waals surface area contributed by atoms with E-state index in [0.29, 0.717) is 23.4 Å². The zero-order chi connectivity index (χ0) is 14.0. The van der Waals surface area contributed by atoms with Crippen LogP contribution >= 0.6 is 0 Å². The van der Waals surface area contributed by atoms with Gasteiger partial charge in [-0.05, 0) is 37.5 Å². The van der Waals surface area contributed by atoms with Gasteiger partial charge in [0, 0.05) is 17.4 Å². The standard InChI is InChI=1S/C15H19N3O/c1-9(2)13-7-11(4)17-15(18-13)19-14-8-12(16)6-5-10(14)3/h5-9H,16H2,1-4H3. The first-order valence-corrected chi connectivity index (χ1v) is 6.35. The SMILES string of the molecule is Cc1cc(C(C)C)nc(Oc2cc(N)ccc2C)n1. The van der Waals surface area contributed by atoms with Crippen LogP contribution in [-0.2, 0) is 0 Å². The quantitative estimate of drug-likeness (QED) is 0.853. The maximum atomic E-state index is 5.77. The normalized spacial score (nSPS) is 10.8. The number of anilines is 1. The summed E-state index contributed by atoms with van der Waals surface area (Å²) < 4.78 is 5.76. The lowest BCUT2D eigenvalue weighted by Crippen LogP contribution is -2.01. The van der Waals surface area contributed by atoms with Crippen molar-refractivity contribution in [1.29, 1.82) is 0 Å². The van der Waals surface area contributed by atoms with Crippen LogP contribution in [0.1, 0.15) is 36.7 Å². The number of nitrogen functional groups attached to an aromatic ring is 1. The molecule has 2 N–H and O–H groups in total. The summed E-state index contributed by atoms with van der Waals surface area (Å²) in [4.78, 5) is 8.73. The first-order valence-electron chi connectivity index (χ1n) is 6.35. The van der Waals surface area contributed by atoms with Crippen LogP contribution in [0, 0.1) is 13.8 Å². The molecule has 0 aliphatic rings. The van der Waals surface area contributed by atoms with E-state index in [9.17, 15) is 0 Å². The summed E-state index contributed by atoms with van der Waals surface area (Å²) in [5.41, 5.74) is 9.31. The zero-order valence-electron chi connectivity index (χ0n) is 11.8. The summed E-state index contributed by atoms with van der Waals surface area (Å²) in [7, 11) is 0. The molecule has 0 fully saturated rings. The number of rotatable bonds is 3. The summed E-state index contributed by atoms with van der Waals surface area (Å²) in [5, 5.41) is 0. The van der Waals surface area contributed by atoms with Crippen molar-refractivity contribution in [1.82, 2.24) is 9.97 Å². The van der Waals surface area contributed by atoms with E-state index in [2.05, 4.69) is 23.8 Å². The van der Waals surface area contributed by atoms with E-state index < -0.39 is 0 Å². The van der Waals surface area contributed by atoms with Crippen LogP contribution in [0.3, 0.4) is 0 Å². The van der Waals surface area contributed by atoms with Crippen molar-refractivity contribution in [2.24, 2.45) is 0 Å². The molecule has 0 saturated heterocycles. The number of benzene rings is 1. The molecule has 4 nitrogen and oxygen atoms in total. The summed E-state index contributed by atoms with van der Waals surface area (Å²) >= 11 is 0. The lowest BCUT2D eigenvalue weighted by molar-refractivity contribution is 0.434. The number of hydrogen-bond donors (Lipinski definition) is 1. The smallest absolute Gasteiger partial charge is 0.322 e. The average molecular weight is 257 g/mol. The van der Waals surface area contributed by atoms with Crippen LogP contribution in [0.15, 0.2) is 24.3 Å². The van der Waals surface area contributed by atoms with Gasteiger partial charge < -0.3 is 10.5 Å². The van der Waals surface area contributed by atoms with Gasteiger partial charge in [0.25, 0.3) is 0 Å². The summed E-state index contributed by atoms with van der Waals surface area (Å²) in [6, 6.07) is 7.90. The number of ether oxygens (including phenoxy) is 1. The molecule has 2 rings (SSSR count). The zero-order valence-corrected chi connectivity index (χ0v) is 11.8. The van der Waals surface area contributed by atoms with Crippen molar-refractivity contribution < 1.29 is 4.74 Å². The minimum atomic E-state index is 0.339. The summed E-state index contributed by atoms with van der Waals surface area (Å²) in [5.74, 6) is 1.03. The third kappa shape index (κ3) is 3.22. The molecule has 0 aliphatic carbocycles. The first-order chi connectivity index (χ1) is 8.95. The van der Waals surface area contributed by atoms with Crippen LogP contribution in [0.25, 0.3) is 0 Å². The Morgan fingerprint density at radius 3 is 2.53 bits per heavy atom. The molecular weight excluding hydrogens is 238 g/mol. The van der Waals surface area contributed by atoms with Crippen LogP contribution in [0.4, 0.5) is 5.69 Å². The van der Waals surface area contributed by atoms with E-state index in [1.807, 2.05) is 32.0 Å². The van der Waals surface area contributed by atoms with Crippen molar-refractivity contribution in [3.8, 4) is 11.8 Å². The second-order valence-corrected chi connectivity index (χ2v) is 5.00. The minimum absolute atomic E-state index is 0.339. The Kier molecular flexibility index (Phi) is 3.69. The first kappa shape index (κ1) is 13.3. The van der Waals surface area contributed by atoms with Crippen molar-refractivity contribution in [2.75, 3.05) is 5.73 Å². The Labute approximate surface area is 113 Å². The highest BCUT2D eigenvalue weighted by Gasteiger charge is 2.09. The van der Waals surface area contributed by atoms with Gasteiger partial charge in [-0.1, -0.05) is 19.9 Å². The highest BCUT2D eigenvalue weighted by Crippen LogP contribution is 2.26. The third-order valence-electron chi connectivity index (χ3n) is 2.86. The van der Waals surface area contributed by atoms with Gasteiger partial charge in [-0.25, -0.2) is 4.98 Å². The largest absolute Gasteiger partial charge is 0.424 e. The molecular formula is C15H19N3O. The molecule has 0 bridgehead atoms. The molecule has 4 heteroatoms. The van der Waals surface area contributed by atoms with Crippen LogP contribution in [-0.4, -0.2) is 9.97 Å². The van der Waals surface area contributed by atoms with E-state index in [1.165, 1.54) is 0 Å². The van der Waals surface area contributed by atoms with Crippen LogP contribution in [0.5, 0.6) is 11.8 Å². The second kappa shape index (κ2) is 5.26. The number of nitrogens with zero attached hydrogens (tertiary/aromatic N) is 2. The molecule has 0 radical (unpaired) electrons. The number of nitrogens with two attached hydrogens (primary N) is 1. The maximum Gasteiger partial charge on any atom is 0.322 e. The van der Waals surface area contributed by atoms with Crippen LogP contribution in [0.2, 0.25) is 0 Å². The molecule has 0 saturated carbocycles. The maximum absolute atomic E-state index is 5.77. The van der Waals surface area contributed by atoms with Gasteiger partial charge in [0.1, 0.15) is 5.75 Å². The summed E-state index contributed by atoms with van der Waals surface area (Å²) in [6.07, 6.45) is 0. The van der Waals surface area contributed by atoms with Gasteiger partial charge in [0.05, 0.1) is 5.69 Å².